The number of amides is 5. The fraction of sp³-hybridized carbons (Fsp3) is 0.565. The van der Waals surface area contributed by atoms with Crippen molar-refractivity contribution in [1.29, 1.82) is 0 Å². The summed E-state index contributed by atoms with van der Waals surface area (Å²) in [5.74, 6) is -0.326. The minimum Gasteiger partial charge on any atom is -0.444 e. The Labute approximate surface area is 201 Å². The second kappa shape index (κ2) is 16.3. The van der Waals surface area contributed by atoms with Crippen LogP contribution in [-0.4, -0.2) is 54.3 Å². The van der Waals surface area contributed by atoms with Crippen molar-refractivity contribution < 1.29 is 29.0 Å². The lowest BCUT2D eigenvalue weighted by Crippen LogP contribution is -2.51. The van der Waals surface area contributed by atoms with E-state index in [-0.39, 0.29) is 18.4 Å². The van der Waals surface area contributed by atoms with Crippen LogP contribution in [0.2, 0.25) is 0 Å². The molecule has 1 atom stereocenters. The molecule has 11 heteroatoms. The normalized spacial score (nSPS) is 11.4. The van der Waals surface area contributed by atoms with E-state index >= 15 is 0 Å². The third-order valence-electron chi connectivity index (χ3n) is 4.19. The molecule has 0 heterocycles. The number of aliphatic hydroxyl groups excluding tert-OH is 1. The van der Waals surface area contributed by atoms with E-state index in [0.29, 0.717) is 32.3 Å². The van der Waals surface area contributed by atoms with Gasteiger partial charge in [-0.25, -0.2) is 9.59 Å². The smallest absolute Gasteiger partial charge is 0.408 e. The molecule has 1 aromatic carbocycles. The number of hydrogen-bond acceptors (Lipinski definition) is 6. The van der Waals surface area contributed by atoms with Crippen LogP contribution in [0.4, 0.5) is 15.3 Å². The Balaban J connectivity index is 0.000000818. The molecule has 7 N–H and O–H groups in total. The van der Waals surface area contributed by atoms with Crippen molar-refractivity contribution in [2.75, 3.05) is 18.4 Å². The lowest BCUT2D eigenvalue weighted by molar-refractivity contribution is -0.124. The molecule has 0 fully saturated rings. The summed E-state index contributed by atoms with van der Waals surface area (Å²) in [7, 11) is 0. The van der Waals surface area contributed by atoms with Crippen LogP contribution in [0.1, 0.15) is 53.0 Å². The standard InChI is InChI=1S/C15H30N4O4.C8H9NO2/c1-10(2)11(19-14(22)23-15(3,4)5)12(20)17-8-6-7-9-18-13(16)21;10-5-7-1-3-8(4-2-7)9-6-11/h10-11H,6-9H2,1-5H3,(H,17,20)(H,19,22)(H3,16,18,21);1-4,6,10H,5H2,(H,9,11). The first-order valence-corrected chi connectivity index (χ1v) is 11.1. The van der Waals surface area contributed by atoms with Crippen LogP contribution in [0.15, 0.2) is 24.3 Å². The highest BCUT2D eigenvalue weighted by Gasteiger charge is 2.26. The van der Waals surface area contributed by atoms with Crippen molar-refractivity contribution in [3.8, 4) is 0 Å². The van der Waals surface area contributed by atoms with E-state index in [2.05, 4.69) is 21.3 Å². The number of benzene rings is 1. The summed E-state index contributed by atoms with van der Waals surface area (Å²) in [5.41, 5.74) is 5.90. The summed E-state index contributed by atoms with van der Waals surface area (Å²) in [6.45, 7) is 9.93. The maximum Gasteiger partial charge on any atom is 0.408 e. The summed E-state index contributed by atoms with van der Waals surface area (Å²) < 4.78 is 5.17. The van der Waals surface area contributed by atoms with E-state index in [1.807, 2.05) is 13.8 Å². The van der Waals surface area contributed by atoms with Gasteiger partial charge in [0.05, 0.1) is 6.61 Å². The van der Waals surface area contributed by atoms with Crippen LogP contribution in [0, 0.1) is 5.92 Å². The van der Waals surface area contributed by atoms with Crippen LogP contribution < -0.4 is 27.0 Å². The van der Waals surface area contributed by atoms with Gasteiger partial charge in [0.15, 0.2) is 0 Å². The van der Waals surface area contributed by atoms with Gasteiger partial charge in [-0.05, 0) is 57.2 Å². The van der Waals surface area contributed by atoms with Crippen molar-refractivity contribution >= 4 is 30.1 Å². The van der Waals surface area contributed by atoms with Gasteiger partial charge in [-0.3, -0.25) is 9.59 Å². The van der Waals surface area contributed by atoms with Gasteiger partial charge in [0.25, 0.3) is 0 Å². The second-order valence-electron chi connectivity index (χ2n) is 8.77. The van der Waals surface area contributed by atoms with E-state index in [9.17, 15) is 19.2 Å². The van der Waals surface area contributed by atoms with E-state index < -0.39 is 23.8 Å². The highest BCUT2D eigenvalue weighted by atomic mass is 16.6. The number of carbonyl (C=O) groups is 4. The molecule has 0 saturated carbocycles. The molecule has 34 heavy (non-hydrogen) atoms. The zero-order valence-corrected chi connectivity index (χ0v) is 20.6. The number of nitrogens with one attached hydrogen (secondary N) is 4. The van der Waals surface area contributed by atoms with E-state index in [1.165, 1.54) is 0 Å². The minimum absolute atomic E-state index is 0.0291. The Morgan fingerprint density at radius 1 is 1.06 bits per heavy atom. The third kappa shape index (κ3) is 15.5. The summed E-state index contributed by atoms with van der Waals surface area (Å²) in [5, 5.41) is 19.0. The number of urea groups is 1. The largest absolute Gasteiger partial charge is 0.444 e. The SMILES string of the molecule is CC(C)C(NC(=O)OC(C)(C)C)C(=O)NCCCCNC(N)=O.O=CNc1ccc(CO)cc1. The highest BCUT2D eigenvalue weighted by molar-refractivity contribution is 5.85. The second-order valence-corrected chi connectivity index (χ2v) is 8.77. The van der Waals surface area contributed by atoms with Gasteiger partial charge in [0.1, 0.15) is 11.6 Å². The average Bonchev–Trinajstić information content (AvgIpc) is 2.74. The molecule has 0 aromatic heterocycles. The minimum atomic E-state index is -0.659. The number of hydrogen-bond donors (Lipinski definition) is 6. The molecule has 0 aliphatic carbocycles. The highest BCUT2D eigenvalue weighted by Crippen LogP contribution is 2.09. The van der Waals surface area contributed by atoms with E-state index in [4.69, 9.17) is 15.6 Å². The Morgan fingerprint density at radius 3 is 2.06 bits per heavy atom. The first-order valence-electron chi connectivity index (χ1n) is 11.1. The molecular weight excluding hydrogens is 442 g/mol. The monoisotopic (exact) mass is 481 g/mol. The zero-order chi connectivity index (χ0) is 26.1. The molecule has 0 radical (unpaired) electrons. The molecule has 5 amide bonds. The number of carbonyl (C=O) groups excluding carboxylic acids is 4. The van der Waals surface area contributed by atoms with Crippen LogP contribution in [0.5, 0.6) is 0 Å². The van der Waals surface area contributed by atoms with Crippen molar-refractivity contribution in [3.63, 3.8) is 0 Å². The van der Waals surface area contributed by atoms with Gasteiger partial charge < -0.3 is 36.8 Å². The number of nitrogens with two attached hydrogens (primary N) is 1. The Morgan fingerprint density at radius 2 is 1.62 bits per heavy atom. The van der Waals surface area contributed by atoms with Gasteiger partial charge >= 0.3 is 12.1 Å². The molecule has 0 aliphatic heterocycles. The predicted molar refractivity (Wildman–Crippen MR) is 130 cm³/mol. The molecule has 1 unspecified atom stereocenters. The Bertz CT molecular complexity index is 762. The van der Waals surface area contributed by atoms with Gasteiger partial charge in [-0.15, -0.1) is 0 Å². The number of aliphatic hydroxyl groups is 1. The molecule has 0 bridgehead atoms. The molecule has 1 aromatic rings. The van der Waals surface area contributed by atoms with Gasteiger partial charge in [-0.1, -0.05) is 26.0 Å². The summed E-state index contributed by atoms with van der Waals surface area (Å²) in [4.78, 5) is 44.4. The molecule has 0 aliphatic rings. The fourth-order valence-corrected chi connectivity index (χ4v) is 2.53. The number of unbranched alkanes of at least 4 members (excludes halogenated alkanes) is 1. The molecule has 11 nitrogen and oxygen atoms in total. The van der Waals surface area contributed by atoms with Crippen molar-refractivity contribution in [2.45, 2.75) is 65.7 Å². The van der Waals surface area contributed by atoms with Crippen LogP contribution >= 0.6 is 0 Å². The molecule has 0 spiro atoms. The van der Waals surface area contributed by atoms with Gasteiger partial charge in [-0.2, -0.15) is 0 Å². The number of rotatable bonds is 11. The van der Waals surface area contributed by atoms with Crippen molar-refractivity contribution in [1.82, 2.24) is 16.0 Å². The number of alkyl carbamates (subject to hydrolysis) is 1. The topological polar surface area (TPSA) is 172 Å². The molecule has 0 saturated heterocycles. The Kier molecular flexibility index (Phi) is 14.7. The number of primary amides is 1. The molecule has 1 rings (SSSR count). The fourth-order valence-electron chi connectivity index (χ4n) is 2.53. The number of anilines is 1. The lowest BCUT2D eigenvalue weighted by atomic mass is 10.0. The maximum absolute atomic E-state index is 12.2. The first-order chi connectivity index (χ1) is 15.9. The van der Waals surface area contributed by atoms with Crippen molar-refractivity contribution in [2.24, 2.45) is 11.7 Å². The van der Waals surface area contributed by atoms with Gasteiger partial charge in [0, 0.05) is 18.8 Å². The summed E-state index contributed by atoms with van der Waals surface area (Å²) >= 11 is 0. The average molecular weight is 482 g/mol. The zero-order valence-electron chi connectivity index (χ0n) is 20.6. The third-order valence-corrected chi connectivity index (χ3v) is 4.19. The van der Waals surface area contributed by atoms with Crippen LogP contribution in [0.3, 0.4) is 0 Å². The summed E-state index contributed by atoms with van der Waals surface area (Å²) in [6, 6.07) is 5.77. The van der Waals surface area contributed by atoms with E-state index in [1.54, 1.807) is 45.0 Å². The number of ether oxygens (including phenoxy) is 1. The van der Waals surface area contributed by atoms with E-state index in [0.717, 1.165) is 11.3 Å². The molecule has 192 valence electrons. The first kappa shape index (κ1) is 30.7. The molecular formula is C23H39N5O6. The lowest BCUT2D eigenvalue weighted by Gasteiger charge is -2.25. The Hall–Kier alpha value is -3.34. The van der Waals surface area contributed by atoms with Gasteiger partial charge in [0.2, 0.25) is 12.3 Å². The maximum atomic E-state index is 12.2. The van der Waals surface area contributed by atoms with Crippen LogP contribution in [0.25, 0.3) is 0 Å². The quantitative estimate of drug-likeness (QED) is 0.208. The predicted octanol–water partition coefficient (Wildman–Crippen LogP) is 1.85. The van der Waals surface area contributed by atoms with Crippen molar-refractivity contribution in [3.05, 3.63) is 29.8 Å². The summed E-state index contributed by atoms with van der Waals surface area (Å²) in [6.07, 6.45) is 1.41. The van der Waals surface area contributed by atoms with Crippen LogP contribution in [-0.2, 0) is 20.9 Å².